The molecule has 1 aliphatic heterocycles. The van der Waals surface area contributed by atoms with Gasteiger partial charge in [-0.1, -0.05) is 36.4 Å². The van der Waals surface area contributed by atoms with Crippen LogP contribution in [0.1, 0.15) is 46.6 Å². The first-order chi connectivity index (χ1) is 15.4. The second-order valence-electron chi connectivity index (χ2n) is 8.85. The van der Waals surface area contributed by atoms with Crippen molar-refractivity contribution in [2.75, 3.05) is 13.1 Å². The number of aryl methyl sites for hydroxylation is 1. The van der Waals surface area contributed by atoms with Gasteiger partial charge in [-0.25, -0.2) is 4.68 Å². The highest BCUT2D eigenvalue weighted by molar-refractivity contribution is 5.95. The number of morpholine rings is 1. The Labute approximate surface area is 190 Å². The predicted octanol–water partition coefficient (Wildman–Crippen LogP) is 4.03. The molecule has 1 aromatic heterocycles. The number of aromatic nitrogens is 2. The van der Waals surface area contributed by atoms with Crippen LogP contribution in [0.25, 0.3) is 5.69 Å². The van der Waals surface area contributed by atoms with Crippen LogP contribution in [0.3, 0.4) is 0 Å². The van der Waals surface area contributed by atoms with Gasteiger partial charge in [0.15, 0.2) is 0 Å². The number of hydrogen-bond donors (Lipinski definition) is 1. The smallest absolute Gasteiger partial charge is 0.255 e. The average Bonchev–Trinajstić information content (AvgIpc) is 3.14. The van der Waals surface area contributed by atoms with Crippen LogP contribution in [0.4, 0.5) is 0 Å². The third kappa shape index (κ3) is 5.26. The van der Waals surface area contributed by atoms with Gasteiger partial charge in [0.1, 0.15) is 0 Å². The molecule has 6 heteroatoms. The fourth-order valence-corrected chi connectivity index (χ4v) is 4.36. The Hall–Kier alpha value is -2.96. The normalized spacial score (nSPS) is 19.1. The first-order valence-corrected chi connectivity index (χ1v) is 11.2. The van der Waals surface area contributed by atoms with E-state index in [9.17, 15) is 4.79 Å². The summed E-state index contributed by atoms with van der Waals surface area (Å²) in [5.41, 5.74) is 5.90. The van der Waals surface area contributed by atoms with Gasteiger partial charge in [-0.3, -0.25) is 9.69 Å². The van der Waals surface area contributed by atoms with Crippen LogP contribution in [0.15, 0.2) is 54.7 Å². The first kappa shape index (κ1) is 22.2. The van der Waals surface area contributed by atoms with E-state index in [2.05, 4.69) is 59.5 Å². The molecule has 1 fully saturated rings. The van der Waals surface area contributed by atoms with Crippen molar-refractivity contribution in [3.63, 3.8) is 0 Å². The quantitative estimate of drug-likeness (QED) is 0.639. The fraction of sp³-hybridized carbons (Fsp3) is 0.385. The molecule has 1 N–H and O–H groups in total. The fourth-order valence-electron chi connectivity index (χ4n) is 4.36. The highest BCUT2D eigenvalue weighted by atomic mass is 16.5. The Morgan fingerprint density at radius 3 is 2.44 bits per heavy atom. The van der Waals surface area contributed by atoms with Gasteiger partial charge < -0.3 is 10.1 Å². The molecule has 0 aliphatic carbocycles. The Kier molecular flexibility index (Phi) is 6.72. The van der Waals surface area contributed by atoms with Crippen molar-refractivity contribution in [3.8, 4) is 5.69 Å². The van der Waals surface area contributed by atoms with Crippen LogP contribution < -0.4 is 5.32 Å². The first-order valence-electron chi connectivity index (χ1n) is 11.2. The minimum atomic E-state index is -0.109. The monoisotopic (exact) mass is 432 g/mol. The number of amides is 1. The topological polar surface area (TPSA) is 59.4 Å². The summed E-state index contributed by atoms with van der Waals surface area (Å²) in [4.78, 5) is 15.2. The molecule has 1 amide bonds. The zero-order valence-electron chi connectivity index (χ0n) is 19.3. The van der Waals surface area contributed by atoms with Gasteiger partial charge in [-0.2, -0.15) is 5.10 Å². The lowest BCUT2D eigenvalue weighted by molar-refractivity contribution is -0.0704. The van der Waals surface area contributed by atoms with Crippen molar-refractivity contribution in [2.24, 2.45) is 0 Å². The van der Waals surface area contributed by atoms with Crippen LogP contribution in [0.5, 0.6) is 0 Å². The summed E-state index contributed by atoms with van der Waals surface area (Å²) in [6.45, 7) is 11.5. The zero-order chi connectivity index (χ0) is 22.7. The highest BCUT2D eigenvalue weighted by Gasteiger charge is 2.22. The van der Waals surface area contributed by atoms with Crippen molar-refractivity contribution in [3.05, 3.63) is 82.7 Å². The minimum absolute atomic E-state index is 0.109. The van der Waals surface area contributed by atoms with Gasteiger partial charge in [0.2, 0.25) is 0 Å². The lowest BCUT2D eigenvalue weighted by atomic mass is 10.1. The molecule has 4 rings (SSSR count). The highest BCUT2D eigenvalue weighted by Crippen LogP contribution is 2.17. The number of carbonyl (C=O) groups is 1. The van der Waals surface area contributed by atoms with E-state index in [-0.39, 0.29) is 18.1 Å². The van der Waals surface area contributed by atoms with E-state index in [1.165, 1.54) is 5.56 Å². The van der Waals surface area contributed by atoms with Crippen molar-refractivity contribution >= 4 is 5.91 Å². The Bertz CT molecular complexity index is 1060. The molecule has 0 radical (unpaired) electrons. The van der Waals surface area contributed by atoms with E-state index in [1.807, 2.05) is 36.7 Å². The maximum Gasteiger partial charge on any atom is 0.255 e. The van der Waals surface area contributed by atoms with E-state index in [0.717, 1.165) is 42.1 Å². The number of nitrogens with zero attached hydrogens (tertiary/aromatic N) is 3. The predicted molar refractivity (Wildman–Crippen MR) is 126 cm³/mol. The standard InChI is InChI=1S/C26H32N4O2/c1-18-6-5-7-24(12-18)30-21(4)25(14-28-30)26(31)27-13-22-8-10-23(11-9-22)17-29-15-19(2)32-20(3)16-29/h5-12,14,19-20H,13,15-17H2,1-4H3,(H,27,31). The number of benzene rings is 2. The summed E-state index contributed by atoms with van der Waals surface area (Å²) in [6.07, 6.45) is 2.18. The number of carbonyl (C=O) groups excluding carboxylic acids is 1. The molecular weight excluding hydrogens is 400 g/mol. The summed E-state index contributed by atoms with van der Waals surface area (Å²) in [5, 5.41) is 7.45. The molecule has 3 aromatic rings. The van der Waals surface area contributed by atoms with Crippen molar-refractivity contribution in [2.45, 2.75) is 53.0 Å². The van der Waals surface area contributed by atoms with Crippen molar-refractivity contribution < 1.29 is 9.53 Å². The second kappa shape index (κ2) is 9.67. The zero-order valence-corrected chi connectivity index (χ0v) is 19.3. The molecule has 2 aromatic carbocycles. The largest absolute Gasteiger partial charge is 0.373 e. The molecule has 168 valence electrons. The lowest BCUT2D eigenvalue weighted by Crippen LogP contribution is -2.44. The summed E-state index contributed by atoms with van der Waals surface area (Å²) < 4.78 is 7.63. The van der Waals surface area contributed by atoms with E-state index >= 15 is 0 Å². The minimum Gasteiger partial charge on any atom is -0.373 e. The van der Waals surface area contributed by atoms with Crippen LogP contribution >= 0.6 is 0 Å². The third-order valence-corrected chi connectivity index (χ3v) is 5.88. The summed E-state index contributed by atoms with van der Waals surface area (Å²) in [6, 6.07) is 16.6. The average molecular weight is 433 g/mol. The maximum atomic E-state index is 12.8. The molecule has 0 bridgehead atoms. The molecule has 2 heterocycles. The van der Waals surface area contributed by atoms with Crippen molar-refractivity contribution in [1.82, 2.24) is 20.0 Å². The lowest BCUT2D eigenvalue weighted by Gasteiger charge is -2.35. The van der Waals surface area contributed by atoms with Crippen LogP contribution in [0.2, 0.25) is 0 Å². The van der Waals surface area contributed by atoms with Gasteiger partial charge in [-0.15, -0.1) is 0 Å². The molecule has 0 spiro atoms. The maximum absolute atomic E-state index is 12.8. The Morgan fingerprint density at radius 2 is 1.75 bits per heavy atom. The van der Waals surface area contributed by atoms with Crippen LogP contribution in [-0.4, -0.2) is 45.9 Å². The molecule has 6 nitrogen and oxygen atoms in total. The summed E-state index contributed by atoms with van der Waals surface area (Å²) >= 11 is 0. The van der Waals surface area contributed by atoms with E-state index in [4.69, 9.17) is 4.74 Å². The summed E-state index contributed by atoms with van der Waals surface area (Å²) in [7, 11) is 0. The Morgan fingerprint density at radius 1 is 1.06 bits per heavy atom. The number of hydrogen-bond acceptors (Lipinski definition) is 4. The van der Waals surface area contributed by atoms with Gasteiger partial charge >= 0.3 is 0 Å². The molecule has 2 unspecified atom stereocenters. The Balaban J connectivity index is 1.34. The van der Waals surface area contributed by atoms with Gasteiger partial charge in [0, 0.05) is 26.2 Å². The third-order valence-electron chi connectivity index (χ3n) is 5.88. The van der Waals surface area contributed by atoms with Gasteiger partial charge in [-0.05, 0) is 56.5 Å². The second-order valence-corrected chi connectivity index (χ2v) is 8.85. The SMILES string of the molecule is Cc1cccc(-n2ncc(C(=O)NCc3ccc(CN4CC(C)OC(C)C4)cc3)c2C)c1. The van der Waals surface area contributed by atoms with E-state index < -0.39 is 0 Å². The van der Waals surface area contributed by atoms with Gasteiger partial charge in [0.25, 0.3) is 5.91 Å². The molecule has 1 saturated heterocycles. The number of rotatable bonds is 6. The van der Waals surface area contributed by atoms with Gasteiger partial charge in [0.05, 0.1) is 35.3 Å². The number of ether oxygens (including phenoxy) is 1. The molecule has 1 aliphatic rings. The summed E-state index contributed by atoms with van der Waals surface area (Å²) in [5.74, 6) is -0.109. The van der Waals surface area contributed by atoms with E-state index in [0.29, 0.717) is 12.1 Å². The molecule has 0 saturated carbocycles. The van der Waals surface area contributed by atoms with E-state index in [1.54, 1.807) is 6.20 Å². The van der Waals surface area contributed by atoms with Crippen LogP contribution in [-0.2, 0) is 17.8 Å². The molecule has 2 atom stereocenters. The van der Waals surface area contributed by atoms with Crippen molar-refractivity contribution in [1.29, 1.82) is 0 Å². The number of nitrogens with one attached hydrogen (secondary N) is 1. The van der Waals surface area contributed by atoms with Crippen LogP contribution in [0, 0.1) is 13.8 Å². The molecular formula is C26H32N4O2. The molecule has 32 heavy (non-hydrogen) atoms.